The van der Waals surface area contributed by atoms with Gasteiger partial charge in [0.2, 0.25) is 0 Å². The summed E-state index contributed by atoms with van der Waals surface area (Å²) >= 11 is 0. The van der Waals surface area contributed by atoms with Gasteiger partial charge >= 0.3 is 5.97 Å². The molecule has 1 heterocycles. The van der Waals surface area contributed by atoms with Crippen molar-refractivity contribution in [3.05, 3.63) is 0 Å². The number of ketones is 1. The number of hydrogen-bond donors (Lipinski definition) is 1. The van der Waals surface area contributed by atoms with Gasteiger partial charge < -0.3 is 9.94 Å². The van der Waals surface area contributed by atoms with Crippen LogP contribution in [0, 0.1) is 5.92 Å². The van der Waals surface area contributed by atoms with Gasteiger partial charge in [-0.05, 0) is 40.5 Å². The molecule has 0 aliphatic carbocycles. The summed E-state index contributed by atoms with van der Waals surface area (Å²) in [5.41, 5.74) is -1.16. The van der Waals surface area contributed by atoms with E-state index in [2.05, 4.69) is 0 Å². The Morgan fingerprint density at radius 1 is 1.30 bits per heavy atom. The zero-order valence-corrected chi connectivity index (χ0v) is 13.2. The molecule has 1 fully saturated rings. The smallest absolute Gasteiger partial charge is 0.311 e. The summed E-state index contributed by atoms with van der Waals surface area (Å²) in [5.74, 6) is -0.873. The normalized spacial score (nSPS) is 24.6. The minimum Gasteiger partial charge on any atom is -0.457 e. The van der Waals surface area contributed by atoms with Crippen molar-refractivity contribution in [2.75, 3.05) is 6.61 Å². The quantitative estimate of drug-likeness (QED) is 0.760. The Bertz CT molecular complexity index is 376. The first-order valence-electron chi connectivity index (χ1n) is 7.30. The highest BCUT2D eigenvalue weighted by Crippen LogP contribution is 2.43. The molecule has 1 aliphatic rings. The van der Waals surface area contributed by atoms with Gasteiger partial charge in [-0.25, -0.2) is 0 Å². The van der Waals surface area contributed by atoms with Crippen LogP contribution in [0.2, 0.25) is 0 Å². The molecule has 0 radical (unpaired) electrons. The van der Waals surface area contributed by atoms with Crippen LogP contribution in [0.15, 0.2) is 0 Å². The van der Waals surface area contributed by atoms with Crippen LogP contribution in [-0.2, 0) is 14.3 Å². The van der Waals surface area contributed by atoms with E-state index in [-0.39, 0.29) is 12.4 Å². The van der Waals surface area contributed by atoms with Crippen LogP contribution >= 0.6 is 0 Å². The first-order valence-corrected chi connectivity index (χ1v) is 7.30. The van der Waals surface area contributed by atoms with E-state index in [4.69, 9.17) is 4.74 Å². The molecule has 1 rings (SSSR count). The summed E-state index contributed by atoms with van der Waals surface area (Å²) in [5, 5.41) is 11.4. The number of carbonyl (C=O) groups excluding carboxylic acids is 2. The number of esters is 1. The summed E-state index contributed by atoms with van der Waals surface area (Å²) in [6.07, 6.45) is 2.74. The number of hydrogen-bond acceptors (Lipinski definition) is 5. The third-order valence-corrected chi connectivity index (χ3v) is 4.14. The summed E-state index contributed by atoms with van der Waals surface area (Å²) < 4.78 is 5.14. The van der Waals surface area contributed by atoms with Crippen molar-refractivity contribution in [1.29, 1.82) is 0 Å². The van der Waals surface area contributed by atoms with Gasteiger partial charge in [0.1, 0.15) is 6.61 Å². The molecule has 1 atom stereocenters. The van der Waals surface area contributed by atoms with Crippen molar-refractivity contribution in [2.45, 2.75) is 71.4 Å². The van der Waals surface area contributed by atoms with Crippen LogP contribution in [0.5, 0.6) is 0 Å². The molecule has 1 unspecified atom stereocenters. The highest BCUT2D eigenvalue weighted by molar-refractivity contribution is 5.83. The lowest BCUT2D eigenvalue weighted by Gasteiger charge is -2.35. The van der Waals surface area contributed by atoms with Crippen LogP contribution < -0.4 is 0 Å². The zero-order valence-electron chi connectivity index (χ0n) is 13.2. The van der Waals surface area contributed by atoms with Gasteiger partial charge in [0.25, 0.3) is 0 Å². The van der Waals surface area contributed by atoms with Crippen molar-refractivity contribution in [1.82, 2.24) is 5.06 Å². The first kappa shape index (κ1) is 17.1. The number of carbonyl (C=O) groups is 2. The second kappa shape index (κ2) is 6.22. The van der Waals surface area contributed by atoms with Crippen LogP contribution in [0.1, 0.15) is 60.3 Å². The minimum absolute atomic E-state index is 0.0453. The maximum Gasteiger partial charge on any atom is 0.311 e. The molecule has 5 nitrogen and oxygen atoms in total. The van der Waals surface area contributed by atoms with Crippen LogP contribution in [0.3, 0.4) is 0 Å². The largest absolute Gasteiger partial charge is 0.457 e. The van der Waals surface area contributed by atoms with E-state index < -0.39 is 23.0 Å². The van der Waals surface area contributed by atoms with E-state index in [1.807, 2.05) is 34.6 Å². The standard InChI is InChI=1S/C15H27NO4/c1-6-7-8-11(17)10-20-13(18)12-9-14(2,3)16(19)15(12,4)5/h12,19H,6-10H2,1-5H3. The molecule has 0 bridgehead atoms. The molecule has 0 aromatic rings. The molecule has 116 valence electrons. The van der Waals surface area contributed by atoms with E-state index in [0.717, 1.165) is 12.8 Å². The number of ether oxygens (including phenoxy) is 1. The van der Waals surface area contributed by atoms with Crippen LogP contribution in [0.25, 0.3) is 0 Å². The highest BCUT2D eigenvalue weighted by atomic mass is 16.5. The SMILES string of the molecule is CCCCC(=O)COC(=O)C1CC(C)(C)N(O)C1(C)C. The number of Topliss-reactive ketones (excluding diaryl/α,β-unsaturated/α-hetero) is 1. The number of rotatable bonds is 6. The third kappa shape index (κ3) is 3.58. The Morgan fingerprint density at radius 2 is 1.90 bits per heavy atom. The summed E-state index contributed by atoms with van der Waals surface area (Å²) in [7, 11) is 0. The van der Waals surface area contributed by atoms with Gasteiger partial charge in [0, 0.05) is 12.0 Å². The van der Waals surface area contributed by atoms with E-state index in [1.165, 1.54) is 5.06 Å². The molecule has 0 amide bonds. The first-order chi connectivity index (χ1) is 9.13. The Morgan fingerprint density at radius 3 is 2.35 bits per heavy atom. The molecule has 1 aliphatic heterocycles. The number of hydroxylamine groups is 2. The van der Waals surface area contributed by atoms with Crippen LogP contribution in [0.4, 0.5) is 0 Å². The van der Waals surface area contributed by atoms with Crippen LogP contribution in [-0.4, -0.2) is 39.7 Å². The molecular weight excluding hydrogens is 258 g/mol. The van der Waals surface area contributed by atoms with Crippen molar-refractivity contribution in [3.63, 3.8) is 0 Å². The third-order valence-electron chi connectivity index (χ3n) is 4.14. The van der Waals surface area contributed by atoms with Gasteiger partial charge in [-0.1, -0.05) is 13.3 Å². The van der Waals surface area contributed by atoms with E-state index in [9.17, 15) is 14.8 Å². The van der Waals surface area contributed by atoms with E-state index in [1.54, 1.807) is 0 Å². The summed E-state index contributed by atoms with van der Waals surface area (Å²) in [6, 6.07) is 0. The van der Waals surface area contributed by atoms with Crippen molar-refractivity contribution in [3.8, 4) is 0 Å². The summed E-state index contributed by atoms with van der Waals surface area (Å²) in [6.45, 7) is 9.25. The zero-order chi connectivity index (χ0) is 15.6. The number of unbranched alkanes of at least 4 members (excludes halogenated alkanes) is 1. The maximum absolute atomic E-state index is 12.2. The monoisotopic (exact) mass is 285 g/mol. The number of nitrogens with zero attached hydrogens (tertiary/aromatic N) is 1. The van der Waals surface area contributed by atoms with Gasteiger partial charge in [0.15, 0.2) is 5.78 Å². The molecule has 0 saturated carbocycles. The van der Waals surface area contributed by atoms with Gasteiger partial charge in [-0.3, -0.25) is 9.59 Å². The average Bonchev–Trinajstić information content (AvgIpc) is 2.53. The molecule has 5 heteroatoms. The molecular formula is C15H27NO4. The fraction of sp³-hybridized carbons (Fsp3) is 0.867. The fourth-order valence-electron chi connectivity index (χ4n) is 2.83. The predicted molar refractivity (Wildman–Crippen MR) is 75.4 cm³/mol. The van der Waals surface area contributed by atoms with E-state index >= 15 is 0 Å². The van der Waals surface area contributed by atoms with Crippen molar-refractivity contribution < 1.29 is 19.5 Å². The molecule has 0 spiro atoms. The second-order valence-electron chi connectivity index (χ2n) is 6.78. The van der Waals surface area contributed by atoms with Crippen molar-refractivity contribution in [2.24, 2.45) is 5.92 Å². The van der Waals surface area contributed by atoms with Gasteiger partial charge in [0.05, 0.1) is 11.5 Å². The predicted octanol–water partition coefficient (Wildman–Crippen LogP) is 2.56. The fourth-order valence-corrected chi connectivity index (χ4v) is 2.83. The topological polar surface area (TPSA) is 66.8 Å². The lowest BCUT2D eigenvalue weighted by atomic mass is 9.87. The summed E-state index contributed by atoms with van der Waals surface area (Å²) in [4.78, 5) is 23.7. The second-order valence-corrected chi connectivity index (χ2v) is 6.78. The average molecular weight is 285 g/mol. The van der Waals surface area contributed by atoms with Gasteiger partial charge in [-0.15, -0.1) is 0 Å². The molecule has 0 aromatic carbocycles. The maximum atomic E-state index is 12.2. The Labute approximate surface area is 121 Å². The Balaban J connectivity index is 2.58. The highest BCUT2D eigenvalue weighted by Gasteiger charge is 2.54. The van der Waals surface area contributed by atoms with Crippen molar-refractivity contribution >= 4 is 11.8 Å². The Hall–Kier alpha value is -0.940. The van der Waals surface area contributed by atoms with E-state index in [0.29, 0.717) is 12.8 Å². The molecule has 20 heavy (non-hydrogen) atoms. The minimum atomic E-state index is -0.687. The lowest BCUT2D eigenvalue weighted by Crippen LogP contribution is -2.48. The Kier molecular flexibility index (Phi) is 5.33. The molecule has 1 saturated heterocycles. The molecule has 1 N–H and O–H groups in total. The lowest BCUT2D eigenvalue weighted by molar-refractivity contribution is -0.200. The van der Waals surface area contributed by atoms with Gasteiger partial charge in [-0.2, -0.15) is 5.06 Å². The molecule has 0 aromatic heterocycles.